The minimum absolute atomic E-state index is 0.141. The number of methoxy groups -OCH3 is 2. The molecular weight excluding hydrogens is 394 g/mol. The average molecular weight is 415 g/mol. The van der Waals surface area contributed by atoms with Crippen LogP contribution in [0.5, 0.6) is 17.2 Å². The summed E-state index contributed by atoms with van der Waals surface area (Å²) in [5.74, 6) is 2.30. The molecule has 0 spiro atoms. The number of nitrogens with one attached hydrogen (secondary N) is 1. The Labute approximate surface area is 172 Å². The number of thioether (sulfide) groups is 1. The molecule has 0 aliphatic heterocycles. The number of para-hydroxylation sites is 1. The summed E-state index contributed by atoms with van der Waals surface area (Å²) in [4.78, 5) is 12.0. The monoisotopic (exact) mass is 415 g/mol. The fourth-order valence-corrected chi connectivity index (χ4v) is 3.00. The molecule has 8 nitrogen and oxygen atoms in total. The van der Waals surface area contributed by atoms with Gasteiger partial charge in [-0.25, -0.2) is 0 Å². The van der Waals surface area contributed by atoms with Gasteiger partial charge in [-0.05, 0) is 30.3 Å². The first-order valence-corrected chi connectivity index (χ1v) is 9.81. The molecule has 0 bridgehead atoms. The fraction of sp³-hybridized carbons (Fsp3) is 0.250. The van der Waals surface area contributed by atoms with Crippen molar-refractivity contribution < 1.29 is 23.4 Å². The highest BCUT2D eigenvalue weighted by Crippen LogP contribution is 2.32. The van der Waals surface area contributed by atoms with E-state index in [1.165, 1.54) is 11.8 Å². The van der Waals surface area contributed by atoms with Crippen molar-refractivity contribution in [3.8, 4) is 28.7 Å². The SMILES string of the molecule is COc1ccc(-c2nnc(SCC(=O)NCCOc3ccccc3)o2)cc1OC. The van der Waals surface area contributed by atoms with Gasteiger partial charge in [-0.15, -0.1) is 10.2 Å². The molecule has 29 heavy (non-hydrogen) atoms. The Bertz CT molecular complexity index is 933. The lowest BCUT2D eigenvalue weighted by Crippen LogP contribution is -2.29. The number of carbonyl (C=O) groups is 1. The van der Waals surface area contributed by atoms with Crippen LogP contribution in [-0.4, -0.2) is 49.2 Å². The second-order valence-corrected chi connectivity index (χ2v) is 6.67. The van der Waals surface area contributed by atoms with Gasteiger partial charge in [-0.1, -0.05) is 30.0 Å². The van der Waals surface area contributed by atoms with Crippen molar-refractivity contribution in [3.05, 3.63) is 48.5 Å². The smallest absolute Gasteiger partial charge is 0.277 e. The highest BCUT2D eigenvalue weighted by molar-refractivity contribution is 7.99. The molecule has 152 valence electrons. The number of aromatic nitrogens is 2. The van der Waals surface area contributed by atoms with Crippen molar-refractivity contribution in [2.75, 3.05) is 33.1 Å². The topological polar surface area (TPSA) is 95.7 Å². The zero-order chi connectivity index (χ0) is 20.5. The Morgan fingerprint density at radius 3 is 2.62 bits per heavy atom. The van der Waals surface area contributed by atoms with Crippen LogP contribution in [0.25, 0.3) is 11.5 Å². The molecule has 0 aliphatic carbocycles. The molecule has 9 heteroatoms. The third kappa shape index (κ3) is 5.89. The summed E-state index contributed by atoms with van der Waals surface area (Å²) >= 11 is 1.17. The van der Waals surface area contributed by atoms with E-state index in [1.54, 1.807) is 32.4 Å². The quantitative estimate of drug-likeness (QED) is 0.399. The van der Waals surface area contributed by atoms with Crippen LogP contribution in [0, 0.1) is 0 Å². The lowest BCUT2D eigenvalue weighted by atomic mass is 10.2. The molecule has 0 saturated carbocycles. The first-order chi connectivity index (χ1) is 14.2. The van der Waals surface area contributed by atoms with Crippen LogP contribution >= 0.6 is 11.8 Å². The zero-order valence-electron chi connectivity index (χ0n) is 16.1. The van der Waals surface area contributed by atoms with E-state index >= 15 is 0 Å². The second kappa shape index (κ2) is 10.4. The summed E-state index contributed by atoms with van der Waals surface area (Å²) in [7, 11) is 3.12. The third-order valence-electron chi connectivity index (χ3n) is 3.80. The number of carbonyl (C=O) groups excluding carboxylic acids is 1. The Kier molecular flexibility index (Phi) is 7.34. The number of ether oxygens (including phenoxy) is 3. The van der Waals surface area contributed by atoms with Crippen LogP contribution in [0.2, 0.25) is 0 Å². The molecule has 0 atom stereocenters. The molecule has 2 aromatic carbocycles. The normalized spacial score (nSPS) is 10.4. The summed E-state index contributed by atoms with van der Waals surface area (Å²) in [6.45, 7) is 0.805. The van der Waals surface area contributed by atoms with E-state index in [0.717, 1.165) is 5.75 Å². The Morgan fingerprint density at radius 1 is 1.07 bits per heavy atom. The molecule has 0 fully saturated rings. The first kappa shape index (κ1) is 20.5. The molecule has 1 amide bonds. The van der Waals surface area contributed by atoms with Crippen molar-refractivity contribution in [2.45, 2.75) is 5.22 Å². The van der Waals surface area contributed by atoms with Crippen LogP contribution in [0.1, 0.15) is 0 Å². The predicted molar refractivity (Wildman–Crippen MR) is 109 cm³/mol. The standard InChI is InChI=1S/C20H21N3O5S/c1-25-16-9-8-14(12-17(16)26-2)19-22-23-20(28-19)29-13-18(24)21-10-11-27-15-6-4-3-5-7-15/h3-9,12H,10-11,13H2,1-2H3,(H,21,24). The Morgan fingerprint density at radius 2 is 1.86 bits per heavy atom. The number of amides is 1. The van der Waals surface area contributed by atoms with E-state index in [1.807, 2.05) is 30.3 Å². The van der Waals surface area contributed by atoms with Crippen molar-refractivity contribution >= 4 is 17.7 Å². The summed E-state index contributed by atoms with van der Waals surface area (Å²) in [6, 6.07) is 14.7. The predicted octanol–water partition coefficient (Wildman–Crippen LogP) is 3.04. The maximum absolute atomic E-state index is 12.0. The van der Waals surface area contributed by atoms with Crippen molar-refractivity contribution in [1.82, 2.24) is 15.5 Å². The fourth-order valence-electron chi connectivity index (χ4n) is 2.41. The van der Waals surface area contributed by atoms with Gasteiger partial charge < -0.3 is 23.9 Å². The Balaban J connectivity index is 1.44. The van der Waals surface area contributed by atoms with E-state index in [9.17, 15) is 4.79 Å². The zero-order valence-corrected chi connectivity index (χ0v) is 16.9. The molecule has 0 unspecified atom stereocenters. The Hall–Kier alpha value is -3.20. The minimum Gasteiger partial charge on any atom is -0.493 e. The second-order valence-electron chi connectivity index (χ2n) is 5.74. The van der Waals surface area contributed by atoms with Crippen LogP contribution in [-0.2, 0) is 4.79 Å². The molecule has 0 saturated heterocycles. The molecule has 1 aromatic heterocycles. The maximum atomic E-state index is 12.0. The van der Waals surface area contributed by atoms with Crippen molar-refractivity contribution in [3.63, 3.8) is 0 Å². The van der Waals surface area contributed by atoms with Gasteiger partial charge in [0, 0.05) is 5.56 Å². The highest BCUT2D eigenvalue weighted by atomic mass is 32.2. The van der Waals surface area contributed by atoms with Crippen LogP contribution in [0.4, 0.5) is 0 Å². The summed E-state index contributed by atoms with van der Waals surface area (Å²) in [6.07, 6.45) is 0. The van der Waals surface area contributed by atoms with Gasteiger partial charge in [0.15, 0.2) is 11.5 Å². The maximum Gasteiger partial charge on any atom is 0.277 e. The number of benzene rings is 2. The summed E-state index contributed by atoms with van der Waals surface area (Å²) in [5.41, 5.74) is 0.699. The van der Waals surface area contributed by atoms with Gasteiger partial charge in [0.25, 0.3) is 5.22 Å². The van der Waals surface area contributed by atoms with Gasteiger partial charge in [0.05, 0.1) is 26.5 Å². The lowest BCUT2D eigenvalue weighted by Gasteiger charge is -2.07. The number of hydrogen-bond acceptors (Lipinski definition) is 8. The van der Waals surface area contributed by atoms with E-state index in [2.05, 4.69) is 15.5 Å². The molecule has 1 heterocycles. The van der Waals surface area contributed by atoms with Crippen molar-refractivity contribution in [2.24, 2.45) is 0 Å². The summed E-state index contributed by atoms with van der Waals surface area (Å²) < 4.78 is 21.6. The molecule has 0 aliphatic rings. The molecule has 3 aromatic rings. The van der Waals surface area contributed by atoms with Gasteiger partial charge >= 0.3 is 0 Å². The highest BCUT2D eigenvalue weighted by Gasteiger charge is 2.13. The molecule has 0 radical (unpaired) electrons. The van der Waals surface area contributed by atoms with E-state index in [4.69, 9.17) is 18.6 Å². The molecule has 1 N–H and O–H groups in total. The number of nitrogens with zero attached hydrogens (tertiary/aromatic N) is 2. The average Bonchev–Trinajstić information content (AvgIpc) is 3.24. The number of hydrogen-bond donors (Lipinski definition) is 1. The first-order valence-electron chi connectivity index (χ1n) is 8.83. The van der Waals surface area contributed by atoms with Gasteiger partial charge in [-0.2, -0.15) is 0 Å². The minimum atomic E-state index is -0.141. The third-order valence-corrected chi connectivity index (χ3v) is 4.62. The van der Waals surface area contributed by atoms with Crippen molar-refractivity contribution in [1.29, 1.82) is 0 Å². The molecular formula is C20H21N3O5S. The van der Waals surface area contributed by atoms with E-state index in [0.29, 0.717) is 41.3 Å². The number of rotatable bonds is 10. The lowest BCUT2D eigenvalue weighted by molar-refractivity contribution is -0.118. The van der Waals surface area contributed by atoms with Gasteiger partial charge in [0.2, 0.25) is 11.8 Å². The van der Waals surface area contributed by atoms with E-state index in [-0.39, 0.29) is 11.7 Å². The molecule has 3 rings (SSSR count). The van der Waals surface area contributed by atoms with Crippen LogP contribution in [0.15, 0.2) is 58.2 Å². The van der Waals surface area contributed by atoms with Gasteiger partial charge in [-0.3, -0.25) is 4.79 Å². The van der Waals surface area contributed by atoms with E-state index < -0.39 is 0 Å². The summed E-state index contributed by atoms with van der Waals surface area (Å²) in [5, 5.41) is 11.1. The van der Waals surface area contributed by atoms with Gasteiger partial charge in [0.1, 0.15) is 12.4 Å². The van der Waals surface area contributed by atoms with Crippen LogP contribution < -0.4 is 19.5 Å². The van der Waals surface area contributed by atoms with Crippen LogP contribution in [0.3, 0.4) is 0 Å². The largest absolute Gasteiger partial charge is 0.493 e.